The molecular weight excluding hydrogens is 199 g/mol. The normalized spacial score (nSPS) is 11.5. The molecule has 1 aromatic carbocycles. The second-order valence-electron chi connectivity index (χ2n) is 4.02. The maximum atomic E-state index is 13.0. The summed E-state index contributed by atoms with van der Waals surface area (Å²) in [7, 11) is 1.35. The van der Waals surface area contributed by atoms with Crippen molar-refractivity contribution in [3.63, 3.8) is 0 Å². The number of aliphatic hydroxyl groups is 1. The zero-order valence-electron chi connectivity index (χ0n) is 9.04. The van der Waals surface area contributed by atoms with Gasteiger partial charge in [0.1, 0.15) is 0 Å². The Morgan fingerprint density at radius 2 is 2.00 bits per heavy atom. The van der Waals surface area contributed by atoms with Gasteiger partial charge in [0, 0.05) is 11.0 Å². The lowest BCUT2D eigenvalue weighted by Gasteiger charge is -2.25. The highest BCUT2D eigenvalue weighted by molar-refractivity contribution is 5.49. The molecule has 1 aromatic rings. The number of hydrogen-bond acceptors (Lipinski definition) is 3. The van der Waals surface area contributed by atoms with E-state index in [1.54, 1.807) is 13.8 Å². The van der Waals surface area contributed by atoms with Gasteiger partial charge in [0.05, 0.1) is 13.7 Å². The predicted molar refractivity (Wildman–Crippen MR) is 54.7 cm³/mol. The SMILES string of the molecule is COc1c(C(C)(C)CO)ccc(F)c1O. The van der Waals surface area contributed by atoms with Crippen molar-refractivity contribution >= 4 is 0 Å². The Morgan fingerprint density at radius 1 is 1.40 bits per heavy atom. The summed E-state index contributed by atoms with van der Waals surface area (Å²) in [4.78, 5) is 0. The molecule has 0 bridgehead atoms. The van der Waals surface area contributed by atoms with Crippen LogP contribution < -0.4 is 4.74 Å². The van der Waals surface area contributed by atoms with Crippen LogP contribution >= 0.6 is 0 Å². The third kappa shape index (κ3) is 2.04. The van der Waals surface area contributed by atoms with Crippen LogP contribution in [0.5, 0.6) is 11.5 Å². The van der Waals surface area contributed by atoms with E-state index in [0.717, 1.165) is 6.07 Å². The molecule has 15 heavy (non-hydrogen) atoms. The Kier molecular flexibility index (Phi) is 3.19. The van der Waals surface area contributed by atoms with E-state index < -0.39 is 17.0 Å². The lowest BCUT2D eigenvalue weighted by atomic mass is 9.84. The molecule has 0 amide bonds. The van der Waals surface area contributed by atoms with Crippen molar-refractivity contribution < 1.29 is 19.3 Å². The van der Waals surface area contributed by atoms with E-state index in [2.05, 4.69) is 0 Å². The number of benzene rings is 1. The Morgan fingerprint density at radius 3 is 2.47 bits per heavy atom. The second kappa shape index (κ2) is 4.06. The number of phenolic OH excluding ortho intramolecular Hbond substituents is 1. The Hall–Kier alpha value is -1.29. The van der Waals surface area contributed by atoms with Crippen LogP contribution in [0.3, 0.4) is 0 Å². The van der Waals surface area contributed by atoms with E-state index in [1.165, 1.54) is 13.2 Å². The molecule has 4 heteroatoms. The minimum absolute atomic E-state index is 0.0778. The molecule has 0 radical (unpaired) electrons. The van der Waals surface area contributed by atoms with E-state index in [0.29, 0.717) is 5.56 Å². The number of rotatable bonds is 3. The van der Waals surface area contributed by atoms with Gasteiger partial charge >= 0.3 is 0 Å². The fourth-order valence-corrected chi connectivity index (χ4v) is 1.37. The molecule has 0 aliphatic heterocycles. The van der Waals surface area contributed by atoms with Crippen LogP contribution in [0.4, 0.5) is 4.39 Å². The van der Waals surface area contributed by atoms with Crippen molar-refractivity contribution in [1.82, 2.24) is 0 Å². The lowest BCUT2D eigenvalue weighted by molar-refractivity contribution is 0.213. The van der Waals surface area contributed by atoms with Crippen molar-refractivity contribution in [1.29, 1.82) is 0 Å². The molecule has 0 spiro atoms. The largest absolute Gasteiger partial charge is 0.502 e. The molecule has 0 unspecified atom stereocenters. The fraction of sp³-hybridized carbons (Fsp3) is 0.455. The number of hydrogen-bond donors (Lipinski definition) is 2. The quantitative estimate of drug-likeness (QED) is 0.806. The predicted octanol–water partition coefficient (Wildman–Crippen LogP) is 1.81. The Bertz CT molecular complexity index is 361. The number of halogens is 1. The van der Waals surface area contributed by atoms with Crippen LogP contribution in [0.25, 0.3) is 0 Å². The highest BCUT2D eigenvalue weighted by Crippen LogP contribution is 2.39. The first-order valence-corrected chi connectivity index (χ1v) is 4.61. The molecule has 0 atom stereocenters. The lowest BCUT2D eigenvalue weighted by Crippen LogP contribution is -2.23. The number of ether oxygens (including phenoxy) is 1. The summed E-state index contributed by atoms with van der Waals surface area (Å²) in [6.45, 7) is 3.44. The van der Waals surface area contributed by atoms with Crippen LogP contribution in [0.2, 0.25) is 0 Å². The minimum Gasteiger partial charge on any atom is -0.502 e. The van der Waals surface area contributed by atoms with Gasteiger partial charge in [-0.05, 0) is 6.07 Å². The van der Waals surface area contributed by atoms with Gasteiger partial charge in [-0.1, -0.05) is 19.9 Å². The second-order valence-corrected chi connectivity index (χ2v) is 4.02. The molecule has 0 saturated heterocycles. The smallest absolute Gasteiger partial charge is 0.194 e. The molecular formula is C11H15FO3. The Labute approximate surface area is 88.1 Å². The van der Waals surface area contributed by atoms with E-state index >= 15 is 0 Å². The highest BCUT2D eigenvalue weighted by atomic mass is 19.1. The summed E-state index contributed by atoms with van der Waals surface area (Å²) in [5.41, 5.74) is -0.0114. The van der Waals surface area contributed by atoms with Gasteiger partial charge in [-0.15, -0.1) is 0 Å². The summed E-state index contributed by atoms with van der Waals surface area (Å²) >= 11 is 0. The van der Waals surface area contributed by atoms with Crippen molar-refractivity contribution in [2.24, 2.45) is 0 Å². The summed E-state index contributed by atoms with van der Waals surface area (Å²) in [5.74, 6) is -1.17. The fourth-order valence-electron chi connectivity index (χ4n) is 1.37. The number of aliphatic hydroxyl groups excluding tert-OH is 1. The van der Waals surface area contributed by atoms with E-state index in [-0.39, 0.29) is 12.4 Å². The van der Waals surface area contributed by atoms with Crippen LogP contribution in [-0.4, -0.2) is 23.9 Å². The van der Waals surface area contributed by atoms with Gasteiger partial charge in [-0.2, -0.15) is 0 Å². The molecule has 0 aliphatic rings. The molecule has 0 aromatic heterocycles. The minimum atomic E-state index is -0.732. The Balaban J connectivity index is 3.37. The first-order valence-electron chi connectivity index (χ1n) is 4.61. The van der Waals surface area contributed by atoms with Crippen LogP contribution in [0.15, 0.2) is 12.1 Å². The molecule has 2 N–H and O–H groups in total. The summed E-state index contributed by atoms with van der Waals surface area (Å²) in [6, 6.07) is 2.66. The molecule has 0 aliphatic carbocycles. The summed E-state index contributed by atoms with van der Waals surface area (Å²) < 4.78 is 18.0. The molecule has 0 heterocycles. The van der Waals surface area contributed by atoms with Crippen molar-refractivity contribution in [2.75, 3.05) is 13.7 Å². The molecule has 0 fully saturated rings. The van der Waals surface area contributed by atoms with Gasteiger partial charge in [0.2, 0.25) is 0 Å². The molecule has 0 saturated carbocycles. The van der Waals surface area contributed by atoms with Crippen LogP contribution in [0, 0.1) is 5.82 Å². The first-order chi connectivity index (χ1) is 6.94. The maximum absolute atomic E-state index is 13.0. The van der Waals surface area contributed by atoms with Gasteiger partial charge in [0.25, 0.3) is 0 Å². The molecule has 1 rings (SSSR count). The van der Waals surface area contributed by atoms with Crippen LogP contribution in [0.1, 0.15) is 19.4 Å². The third-order valence-electron chi connectivity index (χ3n) is 2.41. The zero-order valence-corrected chi connectivity index (χ0v) is 9.04. The van der Waals surface area contributed by atoms with Crippen molar-refractivity contribution in [3.05, 3.63) is 23.5 Å². The van der Waals surface area contributed by atoms with E-state index in [4.69, 9.17) is 4.74 Å². The number of phenols is 1. The number of methoxy groups -OCH3 is 1. The topological polar surface area (TPSA) is 49.7 Å². The average Bonchev–Trinajstić information content (AvgIpc) is 2.21. The van der Waals surface area contributed by atoms with Crippen molar-refractivity contribution in [3.8, 4) is 11.5 Å². The molecule has 84 valence electrons. The van der Waals surface area contributed by atoms with E-state index in [9.17, 15) is 14.6 Å². The zero-order chi connectivity index (χ0) is 11.6. The monoisotopic (exact) mass is 214 g/mol. The summed E-state index contributed by atoms with van der Waals surface area (Å²) in [6.07, 6.45) is 0. The van der Waals surface area contributed by atoms with Gasteiger partial charge in [-0.3, -0.25) is 0 Å². The van der Waals surface area contributed by atoms with E-state index in [1.807, 2.05) is 0 Å². The van der Waals surface area contributed by atoms with Gasteiger partial charge in [-0.25, -0.2) is 4.39 Å². The van der Waals surface area contributed by atoms with Crippen LogP contribution in [-0.2, 0) is 5.41 Å². The summed E-state index contributed by atoms with van der Waals surface area (Å²) in [5, 5.41) is 18.7. The first kappa shape index (κ1) is 11.8. The highest BCUT2D eigenvalue weighted by Gasteiger charge is 2.26. The average molecular weight is 214 g/mol. The maximum Gasteiger partial charge on any atom is 0.194 e. The standard InChI is InChI=1S/C11H15FO3/c1-11(2,6-13)7-4-5-8(12)9(14)10(7)15-3/h4-5,13-14H,6H2,1-3H3. The van der Waals surface area contributed by atoms with Crippen molar-refractivity contribution in [2.45, 2.75) is 19.3 Å². The number of aromatic hydroxyl groups is 1. The van der Waals surface area contributed by atoms with Gasteiger partial charge in [0.15, 0.2) is 17.3 Å². The van der Waals surface area contributed by atoms with Gasteiger partial charge < -0.3 is 14.9 Å². The molecule has 3 nitrogen and oxygen atoms in total. The third-order valence-corrected chi connectivity index (χ3v) is 2.41.